The summed E-state index contributed by atoms with van der Waals surface area (Å²) < 4.78 is 0. The summed E-state index contributed by atoms with van der Waals surface area (Å²) in [5.74, 6) is -0.593. The Balaban J connectivity index is 1.43. The van der Waals surface area contributed by atoms with Crippen LogP contribution in [0.15, 0.2) is 42.7 Å². The van der Waals surface area contributed by atoms with Gasteiger partial charge in [0.25, 0.3) is 0 Å². The van der Waals surface area contributed by atoms with Crippen LogP contribution in [0.2, 0.25) is 5.02 Å². The molecule has 5 rings (SSSR count). The van der Waals surface area contributed by atoms with Crippen LogP contribution >= 0.6 is 11.6 Å². The number of amides is 2. The van der Waals surface area contributed by atoms with Gasteiger partial charge in [0.05, 0.1) is 5.92 Å². The predicted octanol–water partition coefficient (Wildman–Crippen LogP) is 4.88. The van der Waals surface area contributed by atoms with Gasteiger partial charge in [-0.2, -0.15) is 0 Å². The van der Waals surface area contributed by atoms with Crippen LogP contribution in [0.5, 0.6) is 0 Å². The molecular weight excluding hydrogens is 478 g/mol. The van der Waals surface area contributed by atoms with Crippen molar-refractivity contribution in [2.75, 3.05) is 24.5 Å². The maximum absolute atomic E-state index is 14.1. The number of hydrogen-bond acceptors (Lipinski definition) is 4. The fourth-order valence-electron chi connectivity index (χ4n) is 5.83. The van der Waals surface area contributed by atoms with Gasteiger partial charge < -0.3 is 24.8 Å². The van der Waals surface area contributed by atoms with Crippen LogP contribution in [0, 0.1) is 6.92 Å². The first-order chi connectivity index (χ1) is 17.2. The Labute approximate surface area is 215 Å². The third-order valence-corrected chi connectivity index (χ3v) is 7.90. The van der Waals surface area contributed by atoms with E-state index in [1.54, 1.807) is 12.1 Å². The van der Waals surface area contributed by atoms with E-state index in [-0.39, 0.29) is 30.6 Å². The first kappa shape index (κ1) is 24.4. The molecule has 2 amide bonds. The molecule has 0 spiro atoms. The number of H-pyrrole nitrogens is 1. The van der Waals surface area contributed by atoms with Crippen molar-refractivity contribution in [2.24, 2.45) is 0 Å². The summed E-state index contributed by atoms with van der Waals surface area (Å²) in [6.45, 7) is 7.34. The standard InChI is InChI=1S/C27H32ClN5O3/c1-16(2)32(27(35)36)15-22(18-4-6-19(28)7-5-18)26(34)33-20-8-9-21(33)14-31(13-20)23-10-11-29-25-24(23)17(3)12-30-25/h4-7,10-12,16,20-22H,8-9,13-15H2,1-3H3,(H,29,30)(H,35,36)/t20-,21+,22-/m1/s1. The number of pyridine rings is 1. The highest BCUT2D eigenvalue weighted by molar-refractivity contribution is 6.30. The highest BCUT2D eigenvalue weighted by Crippen LogP contribution is 2.38. The molecule has 1 aromatic carbocycles. The Bertz CT molecular complexity index is 1260. The number of aromatic nitrogens is 2. The summed E-state index contributed by atoms with van der Waals surface area (Å²) >= 11 is 6.11. The summed E-state index contributed by atoms with van der Waals surface area (Å²) in [5.41, 5.74) is 3.97. The Morgan fingerprint density at radius 1 is 1.17 bits per heavy atom. The van der Waals surface area contributed by atoms with Crippen LogP contribution in [0.25, 0.3) is 11.0 Å². The second-order valence-corrected chi connectivity index (χ2v) is 10.6. The van der Waals surface area contributed by atoms with E-state index in [2.05, 4.69) is 27.9 Å². The summed E-state index contributed by atoms with van der Waals surface area (Å²) in [6.07, 6.45) is 4.67. The molecule has 2 fully saturated rings. The third kappa shape index (κ3) is 4.39. The molecule has 2 aliphatic rings. The van der Waals surface area contributed by atoms with Crippen molar-refractivity contribution in [3.63, 3.8) is 0 Å². The van der Waals surface area contributed by atoms with Gasteiger partial charge in [0.1, 0.15) is 5.65 Å². The Morgan fingerprint density at radius 2 is 1.83 bits per heavy atom. The van der Waals surface area contributed by atoms with E-state index < -0.39 is 12.0 Å². The summed E-state index contributed by atoms with van der Waals surface area (Å²) in [5, 5.41) is 11.5. The number of piperazine rings is 1. The van der Waals surface area contributed by atoms with Crippen molar-refractivity contribution in [2.45, 2.75) is 57.7 Å². The van der Waals surface area contributed by atoms with Gasteiger partial charge in [0.2, 0.25) is 5.91 Å². The van der Waals surface area contributed by atoms with Crippen LogP contribution in [0.1, 0.15) is 43.7 Å². The molecule has 0 saturated carbocycles. The number of carbonyl (C=O) groups is 2. The second-order valence-electron chi connectivity index (χ2n) is 10.2. The van der Waals surface area contributed by atoms with Gasteiger partial charge in [-0.1, -0.05) is 23.7 Å². The molecule has 2 aromatic heterocycles. The number of fused-ring (bicyclic) bond motifs is 3. The zero-order chi connectivity index (χ0) is 25.6. The lowest BCUT2D eigenvalue weighted by Gasteiger charge is -2.44. The van der Waals surface area contributed by atoms with E-state index in [9.17, 15) is 14.7 Å². The number of carboxylic acid groups (broad SMARTS) is 1. The minimum atomic E-state index is -1.02. The number of aryl methyl sites for hydroxylation is 1. The van der Waals surface area contributed by atoms with Crippen molar-refractivity contribution in [3.05, 3.63) is 58.9 Å². The van der Waals surface area contributed by atoms with Crippen LogP contribution in [-0.2, 0) is 4.79 Å². The van der Waals surface area contributed by atoms with E-state index in [1.165, 1.54) is 4.90 Å². The van der Waals surface area contributed by atoms with E-state index in [0.29, 0.717) is 5.02 Å². The molecule has 3 aromatic rings. The second kappa shape index (κ2) is 9.65. The number of nitrogens with one attached hydrogen (secondary N) is 1. The largest absolute Gasteiger partial charge is 0.465 e. The normalized spacial score (nSPS) is 20.2. The minimum Gasteiger partial charge on any atom is -0.465 e. The average molecular weight is 510 g/mol. The Kier molecular flexibility index (Phi) is 6.55. The quantitative estimate of drug-likeness (QED) is 0.494. The molecule has 0 unspecified atom stereocenters. The molecule has 0 radical (unpaired) electrons. The van der Waals surface area contributed by atoms with E-state index in [1.807, 2.05) is 43.3 Å². The molecule has 2 bridgehead atoms. The van der Waals surface area contributed by atoms with Crippen LogP contribution in [0.4, 0.5) is 10.5 Å². The van der Waals surface area contributed by atoms with Crippen molar-refractivity contribution in [3.8, 4) is 0 Å². The van der Waals surface area contributed by atoms with Gasteiger partial charge >= 0.3 is 6.09 Å². The van der Waals surface area contributed by atoms with Crippen molar-refractivity contribution < 1.29 is 14.7 Å². The number of rotatable bonds is 6. The van der Waals surface area contributed by atoms with Gasteiger partial charge in [-0.3, -0.25) is 4.79 Å². The van der Waals surface area contributed by atoms with Gasteiger partial charge in [0, 0.05) is 66.2 Å². The third-order valence-electron chi connectivity index (χ3n) is 7.64. The lowest BCUT2D eigenvalue weighted by atomic mass is 9.95. The lowest BCUT2D eigenvalue weighted by Crippen LogP contribution is -2.58. The molecule has 4 heterocycles. The van der Waals surface area contributed by atoms with Gasteiger partial charge in [0.15, 0.2) is 0 Å². The van der Waals surface area contributed by atoms with Gasteiger partial charge in [-0.25, -0.2) is 9.78 Å². The molecule has 2 N–H and O–H groups in total. The minimum absolute atomic E-state index is 0.00549. The van der Waals surface area contributed by atoms with E-state index >= 15 is 0 Å². The Morgan fingerprint density at radius 3 is 2.44 bits per heavy atom. The molecule has 3 atom stereocenters. The van der Waals surface area contributed by atoms with Gasteiger partial charge in [-0.15, -0.1) is 0 Å². The summed E-state index contributed by atoms with van der Waals surface area (Å²) in [4.78, 5) is 39.6. The van der Waals surface area contributed by atoms with Crippen molar-refractivity contribution in [1.29, 1.82) is 0 Å². The number of nitrogens with zero attached hydrogens (tertiary/aromatic N) is 4. The number of hydrogen-bond donors (Lipinski definition) is 2. The molecule has 9 heteroatoms. The molecular formula is C27H32ClN5O3. The topological polar surface area (TPSA) is 92.8 Å². The molecule has 2 aliphatic heterocycles. The molecule has 8 nitrogen and oxygen atoms in total. The Hall–Kier alpha value is -3.26. The average Bonchev–Trinajstić information content (AvgIpc) is 3.35. The maximum Gasteiger partial charge on any atom is 0.407 e. The molecule has 2 saturated heterocycles. The lowest BCUT2D eigenvalue weighted by molar-refractivity contribution is -0.136. The number of carbonyl (C=O) groups excluding carboxylic acids is 1. The molecule has 36 heavy (non-hydrogen) atoms. The first-order valence-electron chi connectivity index (χ1n) is 12.5. The zero-order valence-corrected chi connectivity index (χ0v) is 21.6. The smallest absolute Gasteiger partial charge is 0.407 e. The van der Waals surface area contributed by atoms with Crippen LogP contribution in [0.3, 0.4) is 0 Å². The van der Waals surface area contributed by atoms with Crippen molar-refractivity contribution in [1.82, 2.24) is 19.8 Å². The fraction of sp³-hybridized carbons (Fsp3) is 0.444. The number of halogens is 1. The first-order valence-corrected chi connectivity index (χ1v) is 12.9. The number of benzene rings is 1. The zero-order valence-electron chi connectivity index (χ0n) is 20.8. The van der Waals surface area contributed by atoms with Gasteiger partial charge in [-0.05, 0) is 62.9 Å². The predicted molar refractivity (Wildman–Crippen MR) is 141 cm³/mol. The van der Waals surface area contributed by atoms with Crippen LogP contribution in [-0.4, -0.2) is 74.6 Å². The summed E-state index contributed by atoms with van der Waals surface area (Å²) in [6, 6.07) is 9.17. The molecule has 0 aliphatic carbocycles. The molecule has 190 valence electrons. The van der Waals surface area contributed by atoms with E-state index in [0.717, 1.165) is 53.8 Å². The monoisotopic (exact) mass is 509 g/mol. The highest BCUT2D eigenvalue weighted by Gasteiger charge is 2.45. The SMILES string of the molecule is Cc1c[nH]c2nccc(N3C[C@H]4CC[C@@H](C3)N4C(=O)[C@H](CN(C(=O)O)C(C)C)c3ccc(Cl)cc3)c12. The van der Waals surface area contributed by atoms with Crippen LogP contribution < -0.4 is 4.90 Å². The van der Waals surface area contributed by atoms with E-state index in [4.69, 9.17) is 11.6 Å². The maximum atomic E-state index is 14.1. The fourth-order valence-corrected chi connectivity index (χ4v) is 5.96. The number of aromatic amines is 1. The summed E-state index contributed by atoms with van der Waals surface area (Å²) in [7, 11) is 0. The van der Waals surface area contributed by atoms with Crippen molar-refractivity contribution >= 4 is 40.3 Å². The number of anilines is 1. The highest BCUT2D eigenvalue weighted by atomic mass is 35.5.